The van der Waals surface area contributed by atoms with Crippen LogP contribution in [0.5, 0.6) is 0 Å². The number of aliphatic hydroxyl groups is 1. The first-order chi connectivity index (χ1) is 11.2. The fourth-order valence-corrected chi connectivity index (χ4v) is 2.88. The van der Waals surface area contributed by atoms with E-state index in [9.17, 15) is 4.79 Å². The number of nitrogens with one attached hydrogen (secondary N) is 1. The van der Waals surface area contributed by atoms with Crippen molar-refractivity contribution >= 4 is 17.2 Å². The first kappa shape index (κ1) is 15.5. The fraction of sp³-hybridized carbons (Fsp3) is 0.176. The summed E-state index contributed by atoms with van der Waals surface area (Å²) < 4.78 is 1.63. The molecule has 0 saturated heterocycles. The number of hydrogen-bond acceptors (Lipinski definition) is 4. The molecule has 2 heterocycles. The molecule has 6 heteroatoms. The number of aromatic nitrogens is 2. The third-order valence-corrected chi connectivity index (χ3v) is 4.26. The van der Waals surface area contributed by atoms with E-state index in [2.05, 4.69) is 10.4 Å². The molecular formula is C17H17N3O2S. The molecule has 0 radical (unpaired) electrons. The molecule has 0 unspecified atom stereocenters. The van der Waals surface area contributed by atoms with Crippen molar-refractivity contribution in [3.63, 3.8) is 0 Å². The molecular weight excluding hydrogens is 310 g/mol. The monoisotopic (exact) mass is 327 g/mol. The highest BCUT2D eigenvalue weighted by molar-refractivity contribution is 7.13. The number of benzene rings is 1. The Morgan fingerprint density at radius 1 is 1.30 bits per heavy atom. The summed E-state index contributed by atoms with van der Waals surface area (Å²) in [7, 11) is 0. The highest BCUT2D eigenvalue weighted by Gasteiger charge is 2.19. The third-order valence-electron chi connectivity index (χ3n) is 3.37. The minimum atomic E-state index is -0.313. The number of amides is 1. The molecule has 1 aromatic carbocycles. The van der Waals surface area contributed by atoms with Crippen LogP contribution in [0.2, 0.25) is 0 Å². The number of carbonyl (C=O) groups excluding carboxylic acids is 1. The van der Waals surface area contributed by atoms with Gasteiger partial charge >= 0.3 is 0 Å². The van der Waals surface area contributed by atoms with Gasteiger partial charge < -0.3 is 10.4 Å². The van der Waals surface area contributed by atoms with Crippen LogP contribution in [0.4, 0.5) is 0 Å². The van der Waals surface area contributed by atoms with Gasteiger partial charge in [-0.15, -0.1) is 11.3 Å². The van der Waals surface area contributed by atoms with Crippen LogP contribution >= 0.6 is 11.3 Å². The molecule has 3 rings (SSSR count). The van der Waals surface area contributed by atoms with E-state index >= 15 is 0 Å². The van der Waals surface area contributed by atoms with Crippen LogP contribution in [0.1, 0.15) is 17.4 Å². The van der Waals surface area contributed by atoms with E-state index in [1.807, 2.05) is 47.8 Å². The zero-order chi connectivity index (χ0) is 16.2. The molecule has 118 valence electrons. The molecule has 0 aliphatic carbocycles. The first-order valence-corrected chi connectivity index (χ1v) is 8.18. The minimum Gasteiger partial charge on any atom is -0.394 e. The van der Waals surface area contributed by atoms with Crippen molar-refractivity contribution in [2.24, 2.45) is 0 Å². The van der Waals surface area contributed by atoms with Crippen molar-refractivity contribution in [1.82, 2.24) is 15.1 Å². The predicted molar refractivity (Wildman–Crippen MR) is 90.9 cm³/mol. The molecule has 2 N–H and O–H groups in total. The van der Waals surface area contributed by atoms with Gasteiger partial charge in [-0.3, -0.25) is 4.79 Å². The fourth-order valence-electron chi connectivity index (χ4n) is 2.20. The first-order valence-electron chi connectivity index (χ1n) is 7.30. The quantitative estimate of drug-likeness (QED) is 0.757. The second kappa shape index (κ2) is 6.76. The van der Waals surface area contributed by atoms with Gasteiger partial charge in [0.05, 0.1) is 17.2 Å². The van der Waals surface area contributed by atoms with Crippen molar-refractivity contribution < 1.29 is 9.90 Å². The summed E-state index contributed by atoms with van der Waals surface area (Å²) in [5.74, 6) is -0.259. The van der Waals surface area contributed by atoms with E-state index in [0.29, 0.717) is 5.69 Å². The minimum absolute atomic E-state index is 0.108. The molecule has 5 nitrogen and oxygen atoms in total. The Morgan fingerprint density at radius 2 is 2.09 bits per heavy atom. The zero-order valence-electron chi connectivity index (χ0n) is 12.6. The van der Waals surface area contributed by atoms with Crippen LogP contribution in [0.25, 0.3) is 16.3 Å². The van der Waals surface area contributed by atoms with E-state index in [0.717, 1.165) is 16.3 Å². The lowest BCUT2D eigenvalue weighted by molar-refractivity contribution is 0.0914. The number of thiophene rings is 1. The molecule has 1 atom stereocenters. The SMILES string of the molecule is C[C@H](CO)NC(=O)c1cc(-c2cccs2)nn1-c1ccccc1. The van der Waals surface area contributed by atoms with Gasteiger partial charge in [0.15, 0.2) is 0 Å². The maximum atomic E-state index is 12.5. The van der Waals surface area contributed by atoms with E-state index in [1.54, 1.807) is 29.0 Å². The van der Waals surface area contributed by atoms with E-state index in [-0.39, 0.29) is 18.6 Å². The van der Waals surface area contributed by atoms with Gasteiger partial charge in [0.25, 0.3) is 5.91 Å². The van der Waals surface area contributed by atoms with E-state index in [1.165, 1.54) is 0 Å². The number of nitrogens with zero attached hydrogens (tertiary/aromatic N) is 2. The normalized spacial score (nSPS) is 12.1. The van der Waals surface area contributed by atoms with Crippen LogP contribution in [0, 0.1) is 0 Å². The lowest BCUT2D eigenvalue weighted by Gasteiger charge is -2.12. The number of hydrogen-bond donors (Lipinski definition) is 2. The highest BCUT2D eigenvalue weighted by Crippen LogP contribution is 2.25. The number of carbonyl (C=O) groups is 1. The Balaban J connectivity index is 2.04. The van der Waals surface area contributed by atoms with Crippen molar-refractivity contribution in [2.45, 2.75) is 13.0 Å². The van der Waals surface area contributed by atoms with Gasteiger partial charge in [0.2, 0.25) is 0 Å². The Bertz CT molecular complexity index is 782. The van der Waals surface area contributed by atoms with Crippen molar-refractivity contribution in [1.29, 1.82) is 0 Å². The molecule has 0 fully saturated rings. The Morgan fingerprint density at radius 3 is 2.74 bits per heavy atom. The summed E-state index contributed by atoms with van der Waals surface area (Å²) in [6.07, 6.45) is 0. The predicted octanol–water partition coefficient (Wildman–Crippen LogP) is 2.71. The molecule has 2 aromatic heterocycles. The molecule has 0 spiro atoms. The van der Waals surface area contributed by atoms with Crippen molar-refractivity contribution in [3.05, 3.63) is 59.6 Å². The Kier molecular flexibility index (Phi) is 4.55. The molecule has 0 aliphatic heterocycles. The molecule has 0 saturated carbocycles. The lowest BCUT2D eigenvalue weighted by Crippen LogP contribution is -2.36. The largest absolute Gasteiger partial charge is 0.394 e. The van der Waals surface area contributed by atoms with Crippen LogP contribution < -0.4 is 5.32 Å². The van der Waals surface area contributed by atoms with E-state index in [4.69, 9.17) is 5.11 Å². The van der Waals surface area contributed by atoms with Gasteiger partial charge in [-0.2, -0.15) is 5.10 Å². The average molecular weight is 327 g/mol. The Hall–Kier alpha value is -2.44. The smallest absolute Gasteiger partial charge is 0.270 e. The maximum absolute atomic E-state index is 12.5. The van der Waals surface area contributed by atoms with Crippen molar-refractivity contribution in [2.75, 3.05) is 6.61 Å². The molecule has 0 bridgehead atoms. The lowest BCUT2D eigenvalue weighted by atomic mass is 10.2. The molecule has 23 heavy (non-hydrogen) atoms. The number of para-hydroxylation sites is 1. The summed E-state index contributed by atoms with van der Waals surface area (Å²) in [5, 5.41) is 18.5. The standard InChI is InChI=1S/C17H17N3O2S/c1-12(11-21)18-17(22)15-10-14(16-8-5-9-23-16)19-20(15)13-6-3-2-4-7-13/h2-10,12,21H,11H2,1H3,(H,18,22)/t12-/m1/s1. The summed E-state index contributed by atoms with van der Waals surface area (Å²) in [4.78, 5) is 13.5. The van der Waals surface area contributed by atoms with Gasteiger partial charge in [0, 0.05) is 6.04 Å². The second-order valence-corrected chi connectivity index (χ2v) is 6.14. The summed E-state index contributed by atoms with van der Waals surface area (Å²) >= 11 is 1.58. The summed E-state index contributed by atoms with van der Waals surface area (Å²) in [6.45, 7) is 1.64. The van der Waals surface area contributed by atoms with Gasteiger partial charge in [-0.25, -0.2) is 4.68 Å². The molecule has 3 aromatic rings. The molecule has 0 aliphatic rings. The average Bonchev–Trinajstić information content (AvgIpc) is 3.24. The van der Waals surface area contributed by atoms with Gasteiger partial charge in [-0.1, -0.05) is 24.3 Å². The number of aliphatic hydroxyl groups excluding tert-OH is 1. The zero-order valence-corrected chi connectivity index (χ0v) is 13.5. The van der Waals surface area contributed by atoms with Gasteiger partial charge in [0.1, 0.15) is 11.4 Å². The highest BCUT2D eigenvalue weighted by atomic mass is 32.1. The maximum Gasteiger partial charge on any atom is 0.270 e. The summed E-state index contributed by atoms with van der Waals surface area (Å²) in [6, 6.07) is 14.9. The van der Waals surface area contributed by atoms with Gasteiger partial charge in [-0.05, 0) is 36.6 Å². The number of rotatable bonds is 5. The van der Waals surface area contributed by atoms with Crippen molar-refractivity contribution in [3.8, 4) is 16.3 Å². The topological polar surface area (TPSA) is 67.2 Å². The van der Waals surface area contributed by atoms with Crippen LogP contribution in [0.3, 0.4) is 0 Å². The van der Waals surface area contributed by atoms with E-state index < -0.39 is 0 Å². The van der Waals surface area contributed by atoms with Crippen LogP contribution in [-0.4, -0.2) is 33.4 Å². The van der Waals surface area contributed by atoms with Crippen LogP contribution in [0.15, 0.2) is 53.9 Å². The third kappa shape index (κ3) is 3.33. The Labute approximate surface area is 138 Å². The summed E-state index contributed by atoms with van der Waals surface area (Å²) in [5.41, 5.74) is 2.02. The molecule has 1 amide bonds. The second-order valence-electron chi connectivity index (χ2n) is 5.20. The van der Waals surface area contributed by atoms with Crippen LogP contribution in [-0.2, 0) is 0 Å².